The monoisotopic (exact) mass is 722 g/mol. The van der Waals surface area contributed by atoms with Gasteiger partial charge in [0.15, 0.2) is 0 Å². The Morgan fingerprint density at radius 1 is 0.941 bits per heavy atom. The van der Waals surface area contributed by atoms with E-state index >= 15 is 0 Å². The highest BCUT2D eigenvalue weighted by atomic mass is 32.1. The Kier molecular flexibility index (Phi) is 15.2. The lowest BCUT2D eigenvalue weighted by Crippen LogP contribution is -2.58. The molecule has 280 valence electrons. The van der Waals surface area contributed by atoms with Gasteiger partial charge in [0.2, 0.25) is 23.6 Å². The van der Waals surface area contributed by atoms with Crippen LogP contribution in [-0.4, -0.2) is 71.0 Å². The van der Waals surface area contributed by atoms with Crippen molar-refractivity contribution in [3.8, 4) is 5.75 Å². The molecule has 4 N–H and O–H groups in total. The first-order valence-electron chi connectivity index (χ1n) is 18.7. The number of hydrogen-bond donors (Lipinski definition) is 5. The highest BCUT2D eigenvalue weighted by Gasteiger charge is 2.40. The van der Waals surface area contributed by atoms with Gasteiger partial charge < -0.3 is 30.7 Å². The molecule has 2 aromatic rings. The highest BCUT2D eigenvalue weighted by molar-refractivity contribution is 7.80. The van der Waals surface area contributed by atoms with Gasteiger partial charge in [-0.3, -0.25) is 19.2 Å². The van der Waals surface area contributed by atoms with E-state index in [1.165, 1.54) is 13.3 Å². The minimum absolute atomic E-state index is 0.0463. The van der Waals surface area contributed by atoms with Crippen molar-refractivity contribution in [1.29, 1.82) is 0 Å². The number of carbonyl (C=O) groups is 4. The zero-order valence-electron chi connectivity index (χ0n) is 30.9. The lowest BCUT2D eigenvalue weighted by atomic mass is 9.83. The van der Waals surface area contributed by atoms with Crippen molar-refractivity contribution < 1.29 is 29.0 Å². The van der Waals surface area contributed by atoms with Gasteiger partial charge in [-0.25, -0.2) is 0 Å². The summed E-state index contributed by atoms with van der Waals surface area (Å²) in [6, 6.07) is 11.9. The number of nitrogens with one attached hydrogen (secondary N) is 3. The number of carbonyl (C=O) groups excluding carboxylic acids is 4. The van der Waals surface area contributed by atoms with Crippen LogP contribution in [0.4, 0.5) is 0 Å². The van der Waals surface area contributed by atoms with Crippen molar-refractivity contribution in [2.75, 3.05) is 13.2 Å². The molecule has 4 amide bonds. The maximum Gasteiger partial charge on any atom is 0.243 e. The van der Waals surface area contributed by atoms with E-state index in [9.17, 15) is 24.3 Å². The fourth-order valence-electron chi connectivity index (χ4n) is 7.30. The van der Waals surface area contributed by atoms with E-state index < -0.39 is 42.1 Å². The molecule has 1 aliphatic heterocycles. The average Bonchev–Trinajstić information content (AvgIpc) is 3.49. The molecule has 4 rings (SSSR count). The molecular weight excluding hydrogens is 665 g/mol. The van der Waals surface area contributed by atoms with E-state index in [0.29, 0.717) is 35.9 Å². The smallest absolute Gasteiger partial charge is 0.243 e. The Morgan fingerprint density at radius 3 is 2.29 bits per heavy atom. The van der Waals surface area contributed by atoms with Crippen LogP contribution in [0.3, 0.4) is 0 Å². The van der Waals surface area contributed by atoms with Gasteiger partial charge in [0, 0.05) is 30.3 Å². The number of amides is 4. The first-order valence-corrected chi connectivity index (χ1v) is 19.1. The SMILES string of the molecule is CC(=O)N(C1COc2ccc(S)cc21)[C@@H](Cc1ccccc1)C(=O)N[C@@H](CC(C)C)C(=O)NC(CC1CCCCC1)C(O)CC(=O)NCC(C)C. The summed E-state index contributed by atoms with van der Waals surface area (Å²) in [7, 11) is 0. The van der Waals surface area contributed by atoms with Gasteiger partial charge in [0.1, 0.15) is 24.4 Å². The lowest BCUT2D eigenvalue weighted by molar-refractivity contribution is -0.143. The molecule has 0 radical (unpaired) electrons. The first-order chi connectivity index (χ1) is 24.3. The molecule has 2 aromatic carbocycles. The van der Waals surface area contributed by atoms with Gasteiger partial charge in [0.05, 0.1) is 24.6 Å². The molecule has 5 atom stereocenters. The Bertz CT molecular complexity index is 1460. The fourth-order valence-corrected chi connectivity index (χ4v) is 7.51. The van der Waals surface area contributed by atoms with Crippen molar-refractivity contribution in [2.24, 2.45) is 17.8 Å². The Hall–Kier alpha value is -3.57. The molecular formula is C40H58N4O6S. The molecule has 1 heterocycles. The predicted octanol–water partition coefficient (Wildman–Crippen LogP) is 5.38. The molecule has 11 heteroatoms. The molecule has 0 saturated heterocycles. The van der Waals surface area contributed by atoms with Crippen LogP contribution in [0.5, 0.6) is 5.75 Å². The van der Waals surface area contributed by atoms with Crippen LogP contribution < -0.4 is 20.7 Å². The second-order valence-electron chi connectivity index (χ2n) is 15.2. The van der Waals surface area contributed by atoms with Crippen LogP contribution in [0.25, 0.3) is 0 Å². The van der Waals surface area contributed by atoms with Crippen LogP contribution in [0.15, 0.2) is 53.4 Å². The molecule has 1 fully saturated rings. The van der Waals surface area contributed by atoms with E-state index in [1.807, 2.05) is 76.2 Å². The van der Waals surface area contributed by atoms with Gasteiger partial charge in [-0.15, -0.1) is 12.6 Å². The van der Waals surface area contributed by atoms with Crippen molar-refractivity contribution in [3.05, 3.63) is 59.7 Å². The third kappa shape index (κ3) is 12.0. The summed E-state index contributed by atoms with van der Waals surface area (Å²) in [6.45, 7) is 10.1. The number of fused-ring (bicyclic) bond motifs is 1. The van der Waals surface area contributed by atoms with Crippen molar-refractivity contribution in [3.63, 3.8) is 0 Å². The number of thiol groups is 1. The van der Waals surface area contributed by atoms with Crippen LogP contribution in [-0.2, 0) is 25.6 Å². The second kappa shape index (κ2) is 19.3. The van der Waals surface area contributed by atoms with Gasteiger partial charge in [-0.05, 0) is 54.4 Å². The standard InChI is InChI=1S/C40H58N4O6S/c1-25(2)18-33(39(48)42-32(19-28-12-8-6-9-13-28)36(46)22-38(47)41-23-26(3)4)43-40(49)34(20-29-14-10-7-11-15-29)44(27(5)45)35-24-50-37-17-16-30(51)21-31(35)37/h7,10-11,14-17,21,25-26,28,32-36,46,51H,6,8-9,12-13,18-20,22-24H2,1-5H3,(H,41,47)(H,42,48)(H,43,49)/t32?,33-,34-,35?,36?/m0/s1. The van der Waals surface area contributed by atoms with Crippen molar-refractivity contribution in [1.82, 2.24) is 20.9 Å². The summed E-state index contributed by atoms with van der Waals surface area (Å²) in [5.74, 6) is -0.153. The van der Waals surface area contributed by atoms with Crippen LogP contribution >= 0.6 is 12.6 Å². The van der Waals surface area contributed by atoms with Gasteiger partial charge in [0.25, 0.3) is 0 Å². The van der Waals surface area contributed by atoms with Gasteiger partial charge >= 0.3 is 0 Å². The number of nitrogens with zero attached hydrogens (tertiary/aromatic N) is 1. The lowest BCUT2D eigenvalue weighted by Gasteiger charge is -2.36. The Morgan fingerprint density at radius 2 is 1.65 bits per heavy atom. The van der Waals surface area contributed by atoms with E-state index in [2.05, 4.69) is 28.6 Å². The zero-order chi connectivity index (χ0) is 37.1. The summed E-state index contributed by atoms with van der Waals surface area (Å²) in [5.41, 5.74) is 1.64. The number of aliphatic hydroxyl groups excluding tert-OH is 1. The highest BCUT2D eigenvalue weighted by Crippen LogP contribution is 2.39. The third-order valence-electron chi connectivity index (χ3n) is 9.91. The molecule has 10 nitrogen and oxygen atoms in total. The minimum Gasteiger partial charge on any atom is -0.491 e. The summed E-state index contributed by atoms with van der Waals surface area (Å²) in [4.78, 5) is 57.1. The Labute approximate surface area is 309 Å². The van der Waals surface area contributed by atoms with Crippen molar-refractivity contribution in [2.45, 2.75) is 128 Å². The summed E-state index contributed by atoms with van der Waals surface area (Å²) < 4.78 is 5.96. The number of benzene rings is 2. The number of ether oxygens (including phenoxy) is 1. The first kappa shape index (κ1) is 40.2. The molecule has 1 aliphatic carbocycles. The van der Waals surface area contributed by atoms with Crippen LogP contribution in [0, 0.1) is 17.8 Å². The van der Waals surface area contributed by atoms with E-state index in [1.54, 1.807) is 4.90 Å². The maximum atomic E-state index is 14.5. The average molecular weight is 723 g/mol. The number of rotatable bonds is 17. The molecule has 0 spiro atoms. The number of hydrogen-bond acceptors (Lipinski definition) is 7. The molecule has 2 aliphatic rings. The molecule has 0 bridgehead atoms. The largest absolute Gasteiger partial charge is 0.491 e. The topological polar surface area (TPSA) is 137 Å². The molecule has 3 unspecified atom stereocenters. The molecule has 1 saturated carbocycles. The van der Waals surface area contributed by atoms with Crippen LogP contribution in [0.1, 0.15) is 103 Å². The maximum absolute atomic E-state index is 14.5. The molecule has 51 heavy (non-hydrogen) atoms. The van der Waals surface area contributed by atoms with Crippen molar-refractivity contribution >= 4 is 36.3 Å². The van der Waals surface area contributed by atoms with E-state index in [-0.39, 0.29) is 43.1 Å². The number of aliphatic hydroxyl groups is 1. The van der Waals surface area contributed by atoms with Gasteiger partial charge in [-0.1, -0.05) is 90.1 Å². The quantitative estimate of drug-likeness (QED) is 0.139. The summed E-state index contributed by atoms with van der Waals surface area (Å²) >= 11 is 4.51. The fraction of sp³-hybridized carbons (Fsp3) is 0.600. The second-order valence-corrected chi connectivity index (χ2v) is 15.7. The third-order valence-corrected chi connectivity index (χ3v) is 10.2. The Balaban J connectivity index is 1.60. The van der Waals surface area contributed by atoms with Crippen LogP contribution in [0.2, 0.25) is 0 Å². The summed E-state index contributed by atoms with van der Waals surface area (Å²) in [5, 5.41) is 20.3. The summed E-state index contributed by atoms with van der Waals surface area (Å²) in [6.07, 6.45) is 5.30. The van der Waals surface area contributed by atoms with E-state index in [0.717, 1.165) is 36.8 Å². The normalized spacial score (nSPS) is 18.3. The predicted molar refractivity (Wildman–Crippen MR) is 201 cm³/mol. The molecule has 0 aromatic heterocycles. The zero-order valence-corrected chi connectivity index (χ0v) is 31.8. The minimum atomic E-state index is -1.09. The van der Waals surface area contributed by atoms with Gasteiger partial charge in [-0.2, -0.15) is 0 Å². The van der Waals surface area contributed by atoms with E-state index in [4.69, 9.17) is 4.74 Å².